The van der Waals surface area contributed by atoms with Crippen molar-refractivity contribution in [2.75, 3.05) is 57.3 Å². The number of halogens is 3. The Hall–Kier alpha value is -3.27. The molecule has 204 valence electrons. The molecule has 2 aliphatic rings. The summed E-state index contributed by atoms with van der Waals surface area (Å²) in [6, 6.07) is 9.65. The zero-order chi connectivity index (χ0) is 26.5. The van der Waals surface area contributed by atoms with Gasteiger partial charge in [0.25, 0.3) is 0 Å². The summed E-state index contributed by atoms with van der Waals surface area (Å²) in [5.74, 6) is 0.436. The van der Waals surface area contributed by atoms with Crippen LogP contribution in [0.1, 0.15) is 42.7 Å². The number of nitrogens with zero attached hydrogens (tertiary/aromatic N) is 4. The van der Waals surface area contributed by atoms with E-state index in [1.54, 1.807) is 12.3 Å². The molecule has 3 aromatic rings. The van der Waals surface area contributed by atoms with Crippen LogP contribution in [0.4, 0.5) is 23.7 Å². The molecule has 2 fully saturated rings. The maximum atomic E-state index is 13.0. The van der Waals surface area contributed by atoms with Gasteiger partial charge < -0.3 is 20.1 Å². The number of unbranched alkanes of at least 4 members (excludes halogenated alkanes) is 1. The third-order valence-corrected chi connectivity index (χ3v) is 7.79. The fourth-order valence-corrected chi connectivity index (χ4v) is 5.58. The van der Waals surface area contributed by atoms with Crippen molar-refractivity contribution in [1.82, 2.24) is 25.1 Å². The molecule has 1 aromatic carbocycles. The van der Waals surface area contributed by atoms with Gasteiger partial charge in [0.2, 0.25) is 0 Å². The smallest absolute Gasteiger partial charge is 0.369 e. The van der Waals surface area contributed by atoms with Crippen molar-refractivity contribution in [2.24, 2.45) is 0 Å². The third-order valence-electron chi connectivity index (χ3n) is 7.79. The van der Waals surface area contributed by atoms with Crippen LogP contribution in [0.5, 0.6) is 0 Å². The van der Waals surface area contributed by atoms with Gasteiger partial charge in [-0.15, -0.1) is 0 Å². The highest BCUT2D eigenvalue weighted by Crippen LogP contribution is 2.33. The molecule has 7 nitrogen and oxygen atoms in total. The number of anilines is 1. The quantitative estimate of drug-likeness (QED) is 0.420. The molecular formula is C28H35F3N6O. The number of hydrogen-bond acceptors (Lipinski definition) is 4. The molecule has 2 aromatic heterocycles. The van der Waals surface area contributed by atoms with E-state index >= 15 is 0 Å². The number of aromatic nitrogens is 2. The minimum Gasteiger partial charge on any atom is -0.369 e. The Morgan fingerprint density at radius 1 is 1.03 bits per heavy atom. The standard InChI is InChI=1S/C28H35F3N6O/c29-28(30,31)22-5-3-6-23(19-22)36-17-15-35(16-18-36)12-2-1-10-33-27(38)37-13-8-21(9-14-37)25-20-34-26-24(25)7-4-11-32-26/h3-7,11,19-21H,1-2,8-10,12-18H2,(H,32,34)(H,33,38). The highest BCUT2D eigenvalue weighted by atomic mass is 19.4. The summed E-state index contributed by atoms with van der Waals surface area (Å²) in [6.45, 7) is 6.15. The van der Waals surface area contributed by atoms with E-state index in [-0.39, 0.29) is 6.03 Å². The lowest BCUT2D eigenvalue weighted by atomic mass is 9.89. The number of hydrogen-bond donors (Lipinski definition) is 2. The number of H-pyrrole nitrogens is 1. The monoisotopic (exact) mass is 528 g/mol. The minimum absolute atomic E-state index is 0.0127. The van der Waals surface area contributed by atoms with Crippen LogP contribution in [-0.2, 0) is 6.18 Å². The summed E-state index contributed by atoms with van der Waals surface area (Å²) in [6.07, 6.45) is 3.30. The molecule has 2 N–H and O–H groups in total. The fourth-order valence-electron chi connectivity index (χ4n) is 5.58. The topological polar surface area (TPSA) is 67.5 Å². The molecule has 0 bridgehead atoms. The van der Waals surface area contributed by atoms with Crippen molar-refractivity contribution >= 4 is 22.8 Å². The number of aromatic amines is 1. The predicted molar refractivity (Wildman–Crippen MR) is 142 cm³/mol. The van der Waals surface area contributed by atoms with E-state index < -0.39 is 11.7 Å². The van der Waals surface area contributed by atoms with Gasteiger partial charge in [0.1, 0.15) is 5.65 Å². The first kappa shape index (κ1) is 26.3. The Morgan fingerprint density at radius 3 is 2.58 bits per heavy atom. The summed E-state index contributed by atoms with van der Waals surface area (Å²) in [5.41, 5.74) is 2.24. The minimum atomic E-state index is -4.32. The molecule has 2 aliphatic heterocycles. The van der Waals surface area contributed by atoms with E-state index in [0.717, 1.165) is 70.1 Å². The number of alkyl halides is 3. The Balaban J connectivity index is 0.967. The van der Waals surface area contributed by atoms with Crippen LogP contribution < -0.4 is 10.2 Å². The van der Waals surface area contributed by atoms with Gasteiger partial charge in [-0.05, 0) is 74.0 Å². The Labute approximate surface area is 221 Å². The predicted octanol–water partition coefficient (Wildman–Crippen LogP) is 5.07. The number of likely N-dealkylation sites (tertiary alicyclic amines) is 1. The molecule has 0 saturated carbocycles. The number of carbonyl (C=O) groups excluding carboxylic acids is 1. The van der Waals surface area contributed by atoms with Gasteiger partial charge in [-0.3, -0.25) is 4.90 Å². The highest BCUT2D eigenvalue weighted by molar-refractivity contribution is 5.80. The number of carbonyl (C=O) groups is 1. The van der Waals surface area contributed by atoms with E-state index in [1.807, 2.05) is 15.9 Å². The van der Waals surface area contributed by atoms with Gasteiger partial charge in [0, 0.05) is 69.3 Å². The molecule has 0 aliphatic carbocycles. The number of amides is 2. The molecule has 2 saturated heterocycles. The van der Waals surface area contributed by atoms with Crippen LogP contribution in [0.2, 0.25) is 0 Å². The second kappa shape index (κ2) is 11.6. The summed E-state index contributed by atoms with van der Waals surface area (Å²) >= 11 is 0. The van der Waals surface area contributed by atoms with Crippen molar-refractivity contribution in [2.45, 2.75) is 37.8 Å². The molecule has 0 atom stereocenters. The largest absolute Gasteiger partial charge is 0.416 e. The van der Waals surface area contributed by atoms with Crippen LogP contribution in [0.25, 0.3) is 11.0 Å². The zero-order valence-corrected chi connectivity index (χ0v) is 21.5. The van der Waals surface area contributed by atoms with Crippen LogP contribution in [-0.4, -0.2) is 78.2 Å². The number of pyridine rings is 1. The zero-order valence-electron chi connectivity index (χ0n) is 21.5. The Kier molecular flexibility index (Phi) is 8.06. The maximum Gasteiger partial charge on any atom is 0.416 e. The van der Waals surface area contributed by atoms with Crippen molar-refractivity contribution in [1.29, 1.82) is 0 Å². The lowest BCUT2D eigenvalue weighted by Gasteiger charge is -2.36. The van der Waals surface area contributed by atoms with Crippen LogP contribution in [0.15, 0.2) is 48.8 Å². The number of rotatable bonds is 7. The summed E-state index contributed by atoms with van der Waals surface area (Å²) < 4.78 is 39.0. The van der Waals surface area contributed by atoms with E-state index in [4.69, 9.17) is 0 Å². The van der Waals surface area contributed by atoms with Gasteiger partial charge in [-0.1, -0.05) is 6.07 Å². The Morgan fingerprint density at radius 2 is 1.82 bits per heavy atom. The van der Waals surface area contributed by atoms with Crippen LogP contribution >= 0.6 is 0 Å². The molecule has 38 heavy (non-hydrogen) atoms. The molecule has 5 rings (SSSR count). The maximum absolute atomic E-state index is 13.0. The van der Waals surface area contributed by atoms with Crippen LogP contribution in [0, 0.1) is 0 Å². The first-order chi connectivity index (χ1) is 18.4. The third kappa shape index (κ3) is 6.23. The number of nitrogens with one attached hydrogen (secondary N) is 2. The second-order valence-corrected chi connectivity index (χ2v) is 10.2. The van der Waals surface area contributed by atoms with E-state index in [0.29, 0.717) is 31.2 Å². The molecule has 10 heteroatoms. The molecule has 4 heterocycles. The van der Waals surface area contributed by atoms with E-state index in [1.165, 1.54) is 23.1 Å². The van der Waals surface area contributed by atoms with Crippen molar-refractivity contribution in [3.05, 3.63) is 59.9 Å². The summed E-state index contributed by atoms with van der Waals surface area (Å²) in [5, 5.41) is 4.24. The van der Waals surface area contributed by atoms with Crippen molar-refractivity contribution < 1.29 is 18.0 Å². The van der Waals surface area contributed by atoms with Crippen molar-refractivity contribution in [3.63, 3.8) is 0 Å². The first-order valence-corrected chi connectivity index (χ1v) is 13.5. The normalized spacial score (nSPS) is 17.8. The van der Waals surface area contributed by atoms with Gasteiger partial charge >= 0.3 is 12.2 Å². The highest BCUT2D eigenvalue weighted by Gasteiger charge is 2.31. The molecule has 0 spiro atoms. The Bertz CT molecular complexity index is 1210. The average molecular weight is 529 g/mol. The summed E-state index contributed by atoms with van der Waals surface area (Å²) in [4.78, 5) is 26.5. The second-order valence-electron chi connectivity index (χ2n) is 10.2. The average Bonchev–Trinajstić information content (AvgIpc) is 3.37. The molecule has 2 amide bonds. The lowest BCUT2D eigenvalue weighted by Crippen LogP contribution is -2.47. The van der Waals surface area contributed by atoms with Gasteiger partial charge in [0.05, 0.1) is 5.56 Å². The number of benzene rings is 1. The van der Waals surface area contributed by atoms with Gasteiger partial charge in [0.15, 0.2) is 0 Å². The van der Waals surface area contributed by atoms with Gasteiger partial charge in [-0.25, -0.2) is 9.78 Å². The molecule has 0 radical (unpaired) electrons. The number of fused-ring (bicyclic) bond motifs is 1. The van der Waals surface area contributed by atoms with E-state index in [9.17, 15) is 18.0 Å². The SMILES string of the molecule is O=C(NCCCCN1CCN(c2cccc(C(F)(F)F)c2)CC1)N1CCC(c2c[nH]c3ncccc23)CC1. The number of piperazine rings is 1. The molecule has 0 unspecified atom stereocenters. The van der Waals surface area contributed by atoms with Gasteiger partial charge in [-0.2, -0.15) is 13.2 Å². The lowest BCUT2D eigenvalue weighted by molar-refractivity contribution is -0.137. The first-order valence-electron chi connectivity index (χ1n) is 13.5. The number of urea groups is 1. The number of piperidine rings is 1. The molecular weight excluding hydrogens is 493 g/mol. The van der Waals surface area contributed by atoms with Crippen molar-refractivity contribution in [3.8, 4) is 0 Å². The van der Waals surface area contributed by atoms with Crippen LogP contribution in [0.3, 0.4) is 0 Å². The fraction of sp³-hybridized carbons (Fsp3) is 0.500. The summed E-state index contributed by atoms with van der Waals surface area (Å²) in [7, 11) is 0. The van der Waals surface area contributed by atoms with E-state index in [2.05, 4.69) is 32.4 Å².